The average molecular weight is 441 g/mol. The molecule has 0 aliphatic rings. The van der Waals surface area contributed by atoms with Crippen molar-refractivity contribution in [3.63, 3.8) is 0 Å². The fraction of sp³-hybridized carbons (Fsp3) is 0.174. The lowest BCUT2D eigenvalue weighted by Gasteiger charge is -2.13. The number of carbonyl (C=O) groups is 1. The van der Waals surface area contributed by atoms with E-state index in [2.05, 4.69) is 10.0 Å². The smallest absolute Gasteiger partial charge is 0.262 e. The number of aryl methyl sites for hydroxylation is 2. The zero-order valence-electron chi connectivity index (χ0n) is 17.1. The van der Waals surface area contributed by atoms with Gasteiger partial charge in [0.25, 0.3) is 15.9 Å². The molecule has 0 saturated carbocycles. The molecule has 0 radical (unpaired) electrons. The maximum absolute atomic E-state index is 12.9. The van der Waals surface area contributed by atoms with Gasteiger partial charge in [0, 0.05) is 16.1 Å². The summed E-state index contributed by atoms with van der Waals surface area (Å²) in [5.74, 6) is 0.524. The molecule has 156 valence electrons. The fourth-order valence-corrected chi connectivity index (χ4v) is 5.00. The number of nitrogens with one attached hydrogen (secondary N) is 2. The summed E-state index contributed by atoms with van der Waals surface area (Å²) < 4.78 is 28.4. The van der Waals surface area contributed by atoms with E-state index in [9.17, 15) is 13.2 Å². The third-order valence-electron chi connectivity index (χ3n) is 4.48. The maximum Gasteiger partial charge on any atom is 0.262 e. The van der Waals surface area contributed by atoms with Crippen molar-refractivity contribution in [2.75, 3.05) is 15.8 Å². The van der Waals surface area contributed by atoms with Crippen molar-refractivity contribution in [2.45, 2.75) is 30.6 Å². The van der Waals surface area contributed by atoms with Crippen LogP contribution in [0, 0.1) is 13.8 Å². The second kappa shape index (κ2) is 9.36. The molecule has 1 amide bonds. The Hall–Kier alpha value is -2.77. The normalized spacial score (nSPS) is 11.2. The van der Waals surface area contributed by atoms with E-state index in [-0.39, 0.29) is 16.4 Å². The van der Waals surface area contributed by atoms with Crippen LogP contribution in [-0.2, 0) is 10.0 Å². The molecule has 30 heavy (non-hydrogen) atoms. The predicted molar refractivity (Wildman–Crippen MR) is 124 cm³/mol. The number of amides is 1. The van der Waals surface area contributed by atoms with Crippen molar-refractivity contribution in [3.8, 4) is 0 Å². The topological polar surface area (TPSA) is 75.3 Å². The van der Waals surface area contributed by atoms with Gasteiger partial charge in [-0.25, -0.2) is 8.42 Å². The summed E-state index contributed by atoms with van der Waals surface area (Å²) in [6, 6.07) is 19.3. The quantitative estimate of drug-likeness (QED) is 0.478. The average Bonchev–Trinajstić information content (AvgIpc) is 2.71. The molecule has 3 rings (SSSR count). The number of benzene rings is 3. The molecule has 3 aromatic carbocycles. The molecule has 3 aromatic rings. The van der Waals surface area contributed by atoms with Crippen molar-refractivity contribution in [1.29, 1.82) is 0 Å². The van der Waals surface area contributed by atoms with Gasteiger partial charge in [-0.15, -0.1) is 11.8 Å². The Morgan fingerprint density at radius 3 is 2.37 bits per heavy atom. The van der Waals surface area contributed by atoms with Gasteiger partial charge in [0.1, 0.15) is 0 Å². The summed E-state index contributed by atoms with van der Waals surface area (Å²) in [4.78, 5) is 13.9. The second-order valence-electron chi connectivity index (χ2n) is 6.84. The zero-order valence-corrected chi connectivity index (χ0v) is 18.7. The van der Waals surface area contributed by atoms with Crippen molar-refractivity contribution in [3.05, 3.63) is 83.4 Å². The Morgan fingerprint density at radius 1 is 0.967 bits per heavy atom. The maximum atomic E-state index is 12.9. The minimum absolute atomic E-state index is 0.0759. The highest BCUT2D eigenvalue weighted by molar-refractivity contribution is 7.99. The van der Waals surface area contributed by atoms with Gasteiger partial charge in [0.15, 0.2) is 0 Å². The summed E-state index contributed by atoms with van der Waals surface area (Å²) >= 11 is 1.63. The minimum atomic E-state index is -3.84. The molecule has 0 aromatic heterocycles. The monoisotopic (exact) mass is 440 g/mol. The van der Waals surface area contributed by atoms with Gasteiger partial charge in [-0.05, 0) is 61.6 Å². The van der Waals surface area contributed by atoms with Crippen LogP contribution in [0.15, 0.2) is 76.5 Å². The molecular weight excluding hydrogens is 416 g/mol. The van der Waals surface area contributed by atoms with Crippen molar-refractivity contribution >= 4 is 39.1 Å². The number of para-hydroxylation sites is 1. The van der Waals surface area contributed by atoms with Crippen LogP contribution in [0.1, 0.15) is 28.4 Å². The first kappa shape index (κ1) is 21.9. The molecule has 0 bridgehead atoms. The number of anilines is 2. The zero-order chi connectivity index (χ0) is 21.7. The molecular formula is C23H24N2O3S2. The molecule has 0 fully saturated rings. The first-order valence-electron chi connectivity index (χ1n) is 9.53. The molecule has 0 atom stereocenters. The van der Waals surface area contributed by atoms with Crippen molar-refractivity contribution in [2.24, 2.45) is 0 Å². The molecule has 5 nitrogen and oxygen atoms in total. The van der Waals surface area contributed by atoms with Crippen LogP contribution in [0.3, 0.4) is 0 Å². The molecule has 0 aliphatic heterocycles. The SMILES string of the molecule is CCSc1ccccc1NC(=O)c1ccc(C)c(S(=O)(=O)Nc2ccc(C)cc2)c1. The van der Waals surface area contributed by atoms with Gasteiger partial charge >= 0.3 is 0 Å². The molecule has 0 unspecified atom stereocenters. The van der Waals surface area contributed by atoms with Crippen LogP contribution in [0.5, 0.6) is 0 Å². The van der Waals surface area contributed by atoms with Gasteiger partial charge in [-0.3, -0.25) is 9.52 Å². The van der Waals surface area contributed by atoms with E-state index in [1.165, 1.54) is 6.07 Å². The van der Waals surface area contributed by atoms with E-state index in [0.29, 0.717) is 16.9 Å². The Kier molecular flexibility index (Phi) is 6.84. The number of thioether (sulfide) groups is 1. The van der Waals surface area contributed by atoms with Crippen molar-refractivity contribution < 1.29 is 13.2 Å². The number of hydrogen-bond acceptors (Lipinski definition) is 4. The van der Waals surface area contributed by atoms with Gasteiger partial charge in [-0.1, -0.05) is 42.8 Å². The lowest BCUT2D eigenvalue weighted by molar-refractivity contribution is 0.102. The lowest BCUT2D eigenvalue weighted by Crippen LogP contribution is -2.17. The number of sulfonamides is 1. The summed E-state index contributed by atoms with van der Waals surface area (Å²) in [7, 11) is -3.84. The first-order chi connectivity index (χ1) is 14.3. The molecule has 0 saturated heterocycles. The standard InChI is InChI=1S/C23H24N2O3S2/c1-4-29-21-8-6-5-7-20(21)24-23(26)18-12-11-17(3)22(15-18)30(27,28)25-19-13-9-16(2)10-14-19/h5-15,25H,4H2,1-3H3,(H,24,26). The van der Waals surface area contributed by atoms with E-state index >= 15 is 0 Å². The summed E-state index contributed by atoms with van der Waals surface area (Å²) in [5.41, 5.74) is 3.06. The van der Waals surface area contributed by atoms with Crippen LogP contribution in [0.4, 0.5) is 11.4 Å². The number of rotatable bonds is 7. The van der Waals surface area contributed by atoms with E-state index < -0.39 is 10.0 Å². The highest BCUT2D eigenvalue weighted by Crippen LogP contribution is 2.27. The second-order valence-corrected chi connectivity index (χ2v) is 9.79. The third kappa shape index (κ3) is 5.23. The predicted octanol–water partition coefficient (Wildman–Crippen LogP) is 5.47. The van der Waals surface area contributed by atoms with Crippen LogP contribution in [0.2, 0.25) is 0 Å². The summed E-state index contributed by atoms with van der Waals surface area (Å²) in [5, 5.41) is 2.89. The van der Waals surface area contributed by atoms with E-state index in [1.807, 2.05) is 50.2 Å². The third-order valence-corrected chi connectivity index (χ3v) is 6.96. The Morgan fingerprint density at radius 2 is 1.67 bits per heavy atom. The molecule has 2 N–H and O–H groups in total. The first-order valence-corrected chi connectivity index (χ1v) is 12.0. The molecule has 0 spiro atoms. The minimum Gasteiger partial charge on any atom is -0.321 e. The Balaban J connectivity index is 1.87. The van der Waals surface area contributed by atoms with Crippen molar-refractivity contribution in [1.82, 2.24) is 0 Å². The Labute approximate surface area is 182 Å². The molecule has 7 heteroatoms. The lowest BCUT2D eigenvalue weighted by atomic mass is 10.1. The highest BCUT2D eigenvalue weighted by Gasteiger charge is 2.20. The van der Waals surface area contributed by atoms with Gasteiger partial charge in [0.2, 0.25) is 0 Å². The van der Waals surface area contributed by atoms with E-state index in [0.717, 1.165) is 16.2 Å². The van der Waals surface area contributed by atoms with E-state index in [1.54, 1.807) is 43.0 Å². The van der Waals surface area contributed by atoms with Crippen LogP contribution in [0.25, 0.3) is 0 Å². The summed E-state index contributed by atoms with van der Waals surface area (Å²) in [6.45, 7) is 5.68. The largest absolute Gasteiger partial charge is 0.321 e. The summed E-state index contributed by atoms with van der Waals surface area (Å²) in [6.07, 6.45) is 0. The fourth-order valence-electron chi connectivity index (χ4n) is 2.91. The van der Waals surface area contributed by atoms with Crippen LogP contribution < -0.4 is 10.0 Å². The number of carbonyl (C=O) groups excluding carboxylic acids is 1. The highest BCUT2D eigenvalue weighted by atomic mass is 32.2. The molecule has 0 heterocycles. The Bertz CT molecular complexity index is 1160. The number of hydrogen-bond donors (Lipinski definition) is 2. The van der Waals surface area contributed by atoms with Gasteiger partial charge in [0.05, 0.1) is 10.6 Å². The van der Waals surface area contributed by atoms with Gasteiger partial charge < -0.3 is 5.32 Å². The van der Waals surface area contributed by atoms with E-state index in [4.69, 9.17) is 0 Å². The van der Waals surface area contributed by atoms with Crippen LogP contribution in [-0.4, -0.2) is 20.1 Å². The van der Waals surface area contributed by atoms with Gasteiger partial charge in [-0.2, -0.15) is 0 Å². The van der Waals surface area contributed by atoms with Crippen LogP contribution >= 0.6 is 11.8 Å². The molecule has 0 aliphatic carbocycles.